The molecule has 1 saturated heterocycles. The molecule has 21 heavy (non-hydrogen) atoms. The number of aliphatic hydroxyl groups is 1. The van der Waals surface area contributed by atoms with Crippen LogP contribution in [0.15, 0.2) is 0 Å². The van der Waals surface area contributed by atoms with Crippen LogP contribution in [0.4, 0.5) is 4.79 Å². The number of likely N-dealkylation sites (tertiary alicyclic amines) is 1. The van der Waals surface area contributed by atoms with Gasteiger partial charge in [0.1, 0.15) is 0 Å². The zero-order valence-corrected chi connectivity index (χ0v) is 13.3. The lowest BCUT2D eigenvalue weighted by atomic mass is 9.93. The highest BCUT2D eigenvalue weighted by Gasteiger charge is 2.21. The predicted octanol–water partition coefficient (Wildman–Crippen LogP) is 1.85. The topological polar surface area (TPSA) is 64.6 Å². The second-order valence-electron chi connectivity index (χ2n) is 6.64. The minimum absolute atomic E-state index is 0.0527. The lowest BCUT2D eigenvalue weighted by Gasteiger charge is -2.33. The highest BCUT2D eigenvalue weighted by atomic mass is 16.3. The summed E-state index contributed by atoms with van der Waals surface area (Å²) in [4.78, 5) is 14.3. The monoisotopic (exact) mass is 297 g/mol. The van der Waals surface area contributed by atoms with Crippen molar-refractivity contribution in [3.8, 4) is 0 Å². The molecule has 3 N–H and O–H groups in total. The minimum atomic E-state index is -0.169. The summed E-state index contributed by atoms with van der Waals surface area (Å²) in [5.41, 5.74) is 0. The van der Waals surface area contributed by atoms with Crippen molar-refractivity contribution in [2.24, 2.45) is 0 Å². The summed E-state index contributed by atoms with van der Waals surface area (Å²) in [6.07, 6.45) is 8.20. The zero-order valence-electron chi connectivity index (χ0n) is 13.3. The van der Waals surface area contributed by atoms with Crippen molar-refractivity contribution in [3.05, 3.63) is 0 Å². The summed E-state index contributed by atoms with van der Waals surface area (Å²) in [6.45, 7) is 5.33. The van der Waals surface area contributed by atoms with Gasteiger partial charge in [0, 0.05) is 25.2 Å². The van der Waals surface area contributed by atoms with Crippen LogP contribution < -0.4 is 10.6 Å². The van der Waals surface area contributed by atoms with Gasteiger partial charge in [-0.1, -0.05) is 6.42 Å². The van der Waals surface area contributed by atoms with Crippen LogP contribution in [0.25, 0.3) is 0 Å². The molecule has 1 saturated carbocycles. The Balaban J connectivity index is 1.53. The first-order valence-electron chi connectivity index (χ1n) is 8.61. The van der Waals surface area contributed by atoms with E-state index in [9.17, 15) is 9.90 Å². The maximum atomic E-state index is 11.8. The fourth-order valence-corrected chi connectivity index (χ4v) is 3.43. The number of piperidine rings is 1. The average molecular weight is 297 g/mol. The zero-order chi connectivity index (χ0) is 15.1. The molecule has 0 aromatic heterocycles. The maximum absolute atomic E-state index is 11.8. The summed E-state index contributed by atoms with van der Waals surface area (Å²) in [5.74, 6) is 0. The molecule has 1 atom stereocenters. The fraction of sp³-hybridized carbons (Fsp3) is 0.938. The number of hydrogen-bond donors (Lipinski definition) is 3. The van der Waals surface area contributed by atoms with Gasteiger partial charge in [-0.2, -0.15) is 0 Å². The molecular weight excluding hydrogens is 266 g/mol. The van der Waals surface area contributed by atoms with Crippen molar-refractivity contribution in [2.45, 2.75) is 76.5 Å². The second kappa shape index (κ2) is 8.59. The maximum Gasteiger partial charge on any atom is 0.315 e. The first-order valence-corrected chi connectivity index (χ1v) is 8.61. The molecule has 0 aromatic rings. The molecule has 122 valence electrons. The van der Waals surface area contributed by atoms with E-state index in [1.54, 1.807) is 0 Å². The van der Waals surface area contributed by atoms with E-state index in [-0.39, 0.29) is 18.2 Å². The number of carbonyl (C=O) groups excluding carboxylic acids is 1. The van der Waals surface area contributed by atoms with Gasteiger partial charge in [0.05, 0.1) is 6.10 Å². The number of urea groups is 1. The molecule has 0 bridgehead atoms. The van der Waals surface area contributed by atoms with Crippen LogP contribution in [0.5, 0.6) is 0 Å². The minimum Gasteiger partial charge on any atom is -0.393 e. The van der Waals surface area contributed by atoms with E-state index in [1.165, 1.54) is 25.8 Å². The molecule has 1 aliphatic heterocycles. The van der Waals surface area contributed by atoms with Crippen molar-refractivity contribution in [3.63, 3.8) is 0 Å². The molecule has 5 nitrogen and oxygen atoms in total. The Bertz CT molecular complexity index is 317. The van der Waals surface area contributed by atoms with E-state index in [2.05, 4.69) is 22.5 Å². The van der Waals surface area contributed by atoms with Gasteiger partial charge >= 0.3 is 6.03 Å². The van der Waals surface area contributed by atoms with Crippen LogP contribution in [0.2, 0.25) is 0 Å². The Morgan fingerprint density at radius 1 is 1.19 bits per heavy atom. The van der Waals surface area contributed by atoms with Crippen molar-refractivity contribution in [1.29, 1.82) is 0 Å². The van der Waals surface area contributed by atoms with Gasteiger partial charge in [-0.3, -0.25) is 0 Å². The van der Waals surface area contributed by atoms with E-state index >= 15 is 0 Å². The highest BCUT2D eigenvalue weighted by molar-refractivity contribution is 5.74. The quantitative estimate of drug-likeness (QED) is 0.679. The van der Waals surface area contributed by atoms with Gasteiger partial charge in [0.2, 0.25) is 0 Å². The number of rotatable bonds is 5. The van der Waals surface area contributed by atoms with Crippen molar-refractivity contribution in [2.75, 3.05) is 19.6 Å². The Morgan fingerprint density at radius 3 is 2.67 bits per heavy atom. The first-order chi connectivity index (χ1) is 10.1. The third-order valence-corrected chi connectivity index (χ3v) is 4.88. The summed E-state index contributed by atoms with van der Waals surface area (Å²) in [5, 5.41) is 15.4. The van der Waals surface area contributed by atoms with Crippen molar-refractivity contribution < 1.29 is 9.90 Å². The van der Waals surface area contributed by atoms with Crippen LogP contribution >= 0.6 is 0 Å². The van der Waals surface area contributed by atoms with Crippen LogP contribution in [0.3, 0.4) is 0 Å². The third kappa shape index (κ3) is 5.83. The summed E-state index contributed by atoms with van der Waals surface area (Å²) in [6, 6.07) is 0.875. The number of nitrogens with one attached hydrogen (secondary N) is 2. The highest BCUT2D eigenvalue weighted by Crippen LogP contribution is 2.18. The molecule has 5 heteroatoms. The standard InChI is InChI=1S/C16H31N3O2/c1-13-5-2-3-11-19(13)12-4-10-17-16(21)18-14-6-8-15(20)9-7-14/h13-15,20H,2-12H2,1H3,(H2,17,18,21). The van der Waals surface area contributed by atoms with Gasteiger partial charge in [0.25, 0.3) is 0 Å². The van der Waals surface area contributed by atoms with Gasteiger partial charge < -0.3 is 20.6 Å². The van der Waals surface area contributed by atoms with Crippen LogP contribution in [-0.2, 0) is 0 Å². The summed E-state index contributed by atoms with van der Waals surface area (Å²) in [7, 11) is 0. The molecule has 2 aliphatic rings. The SMILES string of the molecule is CC1CCCCN1CCCNC(=O)NC1CCC(O)CC1. The Morgan fingerprint density at radius 2 is 1.95 bits per heavy atom. The lowest BCUT2D eigenvalue weighted by Crippen LogP contribution is -2.45. The predicted molar refractivity (Wildman–Crippen MR) is 84.3 cm³/mol. The summed E-state index contributed by atoms with van der Waals surface area (Å²) >= 11 is 0. The average Bonchev–Trinajstić information content (AvgIpc) is 2.48. The second-order valence-corrected chi connectivity index (χ2v) is 6.64. The normalized spacial score (nSPS) is 30.9. The number of hydrogen-bond acceptors (Lipinski definition) is 3. The number of nitrogens with zero attached hydrogens (tertiary/aromatic N) is 1. The van der Waals surface area contributed by atoms with Gasteiger partial charge in [0.15, 0.2) is 0 Å². The van der Waals surface area contributed by atoms with Crippen molar-refractivity contribution >= 4 is 6.03 Å². The Kier molecular flexibility index (Phi) is 6.77. The molecule has 0 radical (unpaired) electrons. The molecule has 2 rings (SSSR count). The number of aliphatic hydroxyl groups excluding tert-OH is 1. The largest absolute Gasteiger partial charge is 0.393 e. The van der Waals surface area contributed by atoms with Crippen LogP contribution in [0, 0.1) is 0 Å². The molecule has 2 amide bonds. The Hall–Kier alpha value is -0.810. The smallest absolute Gasteiger partial charge is 0.315 e. The fourth-order valence-electron chi connectivity index (χ4n) is 3.43. The molecule has 0 spiro atoms. The van der Waals surface area contributed by atoms with Gasteiger partial charge in [-0.15, -0.1) is 0 Å². The lowest BCUT2D eigenvalue weighted by molar-refractivity contribution is 0.117. The first kappa shape index (κ1) is 16.6. The molecule has 2 fully saturated rings. The van der Waals surface area contributed by atoms with Crippen LogP contribution in [0.1, 0.15) is 58.3 Å². The molecule has 1 aliphatic carbocycles. The third-order valence-electron chi connectivity index (χ3n) is 4.88. The molecule has 1 heterocycles. The van der Waals surface area contributed by atoms with E-state index in [0.717, 1.165) is 45.2 Å². The number of amides is 2. The summed E-state index contributed by atoms with van der Waals surface area (Å²) < 4.78 is 0. The van der Waals surface area contributed by atoms with Gasteiger partial charge in [-0.05, 0) is 58.4 Å². The molecular formula is C16H31N3O2. The van der Waals surface area contributed by atoms with Crippen molar-refractivity contribution in [1.82, 2.24) is 15.5 Å². The molecule has 0 aromatic carbocycles. The van der Waals surface area contributed by atoms with Gasteiger partial charge in [-0.25, -0.2) is 4.79 Å². The van der Waals surface area contributed by atoms with E-state index in [1.807, 2.05) is 0 Å². The van der Waals surface area contributed by atoms with E-state index in [0.29, 0.717) is 6.04 Å². The Labute approximate surface area is 128 Å². The van der Waals surface area contributed by atoms with Crippen LogP contribution in [-0.4, -0.2) is 53.9 Å². The van der Waals surface area contributed by atoms with E-state index < -0.39 is 0 Å². The van der Waals surface area contributed by atoms with E-state index in [4.69, 9.17) is 0 Å². The molecule has 1 unspecified atom stereocenters. The number of carbonyl (C=O) groups is 1.